The molecule has 0 fully saturated rings. The Morgan fingerprint density at radius 1 is 1.26 bits per heavy atom. The minimum atomic E-state index is -0.445. The zero-order chi connectivity index (χ0) is 16.4. The van der Waals surface area contributed by atoms with Crippen molar-refractivity contribution in [1.82, 2.24) is 10.6 Å². The van der Waals surface area contributed by atoms with Gasteiger partial charge in [-0.15, -0.1) is 11.3 Å². The molecule has 3 N–H and O–H groups in total. The minimum absolute atomic E-state index is 0.240. The van der Waals surface area contributed by atoms with Gasteiger partial charge in [0, 0.05) is 20.7 Å². The number of carbonyl (C=O) groups is 2. The van der Waals surface area contributed by atoms with E-state index in [1.165, 1.54) is 11.3 Å². The van der Waals surface area contributed by atoms with Gasteiger partial charge in [0.15, 0.2) is 0 Å². The van der Waals surface area contributed by atoms with Crippen LogP contribution in [0.5, 0.6) is 0 Å². The molecule has 0 saturated carbocycles. The van der Waals surface area contributed by atoms with Gasteiger partial charge in [0.25, 0.3) is 5.91 Å². The van der Waals surface area contributed by atoms with Gasteiger partial charge in [-0.2, -0.15) is 0 Å². The maximum Gasteiger partial charge on any atom is 0.319 e. The summed E-state index contributed by atoms with van der Waals surface area (Å²) in [5.74, 6) is -0.240. The molecule has 0 saturated heterocycles. The number of halogens is 1. The highest BCUT2D eigenvalue weighted by atomic mass is 79.9. The fourth-order valence-corrected chi connectivity index (χ4v) is 3.44. The first-order chi connectivity index (χ1) is 11.0. The maximum atomic E-state index is 12.7. The molecule has 0 spiro atoms. The average molecular weight is 392 g/mol. The van der Waals surface area contributed by atoms with Crippen LogP contribution in [0.2, 0.25) is 0 Å². The van der Waals surface area contributed by atoms with Crippen LogP contribution in [-0.4, -0.2) is 11.9 Å². The van der Waals surface area contributed by atoms with Gasteiger partial charge in [0.05, 0.1) is 11.6 Å². The molecule has 0 radical (unpaired) electrons. The van der Waals surface area contributed by atoms with E-state index in [-0.39, 0.29) is 11.9 Å². The third kappa shape index (κ3) is 3.46. The summed E-state index contributed by atoms with van der Waals surface area (Å²) in [5, 5.41) is 10.3. The van der Waals surface area contributed by atoms with Crippen LogP contribution >= 0.6 is 27.3 Å². The molecule has 2 aromatic rings. The first-order valence-corrected chi connectivity index (χ1v) is 8.60. The second-order valence-electron chi connectivity index (χ2n) is 5.05. The summed E-state index contributed by atoms with van der Waals surface area (Å²) < 4.78 is 0.939. The smallest absolute Gasteiger partial charge is 0.319 e. The van der Waals surface area contributed by atoms with Crippen LogP contribution in [0.25, 0.3) is 0 Å². The number of hydrogen-bond donors (Lipinski definition) is 3. The topological polar surface area (TPSA) is 70.2 Å². The number of amides is 3. The van der Waals surface area contributed by atoms with Crippen LogP contribution < -0.4 is 16.0 Å². The first kappa shape index (κ1) is 15.8. The number of allylic oxidation sites excluding steroid dienone is 1. The summed E-state index contributed by atoms with van der Waals surface area (Å²) in [6, 6.07) is 10.4. The number of carbonyl (C=O) groups excluding carboxylic acids is 2. The Bertz CT molecular complexity index is 769. The van der Waals surface area contributed by atoms with Crippen molar-refractivity contribution < 1.29 is 9.59 Å². The second-order valence-corrected chi connectivity index (χ2v) is 6.94. The summed E-state index contributed by atoms with van der Waals surface area (Å²) in [6.45, 7) is 1.73. The Labute approximate surface area is 145 Å². The molecule has 3 rings (SSSR count). The van der Waals surface area contributed by atoms with Gasteiger partial charge in [-0.25, -0.2) is 4.79 Å². The molecular formula is C16H14BrN3O2S. The molecule has 5 nitrogen and oxygen atoms in total. The van der Waals surface area contributed by atoms with Crippen LogP contribution in [0.4, 0.5) is 10.5 Å². The summed E-state index contributed by atoms with van der Waals surface area (Å²) in [5.41, 5.74) is 1.76. The Kier molecular flexibility index (Phi) is 4.49. The Hall–Kier alpha value is -2.12. The van der Waals surface area contributed by atoms with Crippen molar-refractivity contribution in [2.75, 3.05) is 5.32 Å². The van der Waals surface area contributed by atoms with Crippen molar-refractivity contribution in [3.63, 3.8) is 0 Å². The third-order valence-electron chi connectivity index (χ3n) is 3.44. The van der Waals surface area contributed by atoms with E-state index in [1.807, 2.05) is 41.8 Å². The Balaban J connectivity index is 1.90. The van der Waals surface area contributed by atoms with Crippen molar-refractivity contribution in [2.24, 2.45) is 0 Å². The van der Waals surface area contributed by atoms with Crippen LogP contribution in [0, 0.1) is 0 Å². The van der Waals surface area contributed by atoms with E-state index in [0.717, 1.165) is 9.35 Å². The lowest BCUT2D eigenvalue weighted by Crippen LogP contribution is -2.45. The summed E-state index contributed by atoms with van der Waals surface area (Å²) in [6.07, 6.45) is 0. The lowest BCUT2D eigenvalue weighted by molar-refractivity contribution is -0.113. The van der Waals surface area contributed by atoms with E-state index in [0.29, 0.717) is 17.0 Å². The van der Waals surface area contributed by atoms with E-state index in [9.17, 15) is 9.59 Å². The van der Waals surface area contributed by atoms with Crippen LogP contribution in [0.1, 0.15) is 17.8 Å². The quantitative estimate of drug-likeness (QED) is 0.744. The highest BCUT2D eigenvalue weighted by Gasteiger charge is 2.31. The third-order valence-corrected chi connectivity index (χ3v) is 4.91. The maximum absolute atomic E-state index is 12.7. The van der Waals surface area contributed by atoms with Crippen LogP contribution in [-0.2, 0) is 4.79 Å². The average Bonchev–Trinajstić information content (AvgIpc) is 3.03. The zero-order valence-electron chi connectivity index (χ0n) is 12.2. The molecule has 1 unspecified atom stereocenters. The molecular weight excluding hydrogens is 378 g/mol. The first-order valence-electron chi connectivity index (χ1n) is 6.93. The minimum Gasteiger partial charge on any atom is -0.326 e. The molecule has 1 atom stereocenters. The van der Waals surface area contributed by atoms with Gasteiger partial charge >= 0.3 is 6.03 Å². The predicted molar refractivity (Wildman–Crippen MR) is 94.2 cm³/mol. The van der Waals surface area contributed by atoms with Crippen molar-refractivity contribution in [2.45, 2.75) is 13.0 Å². The molecule has 1 aliphatic heterocycles. The molecule has 118 valence electrons. The molecule has 0 aliphatic carbocycles. The Morgan fingerprint density at radius 2 is 2.00 bits per heavy atom. The molecule has 7 heteroatoms. The number of urea groups is 1. The van der Waals surface area contributed by atoms with Crippen LogP contribution in [0.15, 0.2) is 57.5 Å². The number of rotatable bonds is 3. The fourth-order valence-electron chi connectivity index (χ4n) is 2.40. The Morgan fingerprint density at radius 3 is 2.65 bits per heavy atom. The standard InChI is InChI=1S/C16H14BrN3O2S/c1-9-13(15(21)19-11-6-4-10(17)5-7-11)14(20-16(22)18-9)12-3-2-8-23-12/h2-8,14H,1H3,(H,19,21)(H2,18,20,22). The SMILES string of the molecule is CC1=C(C(=O)Nc2ccc(Br)cc2)C(c2cccs2)NC(=O)N1. The van der Waals surface area contributed by atoms with Crippen molar-refractivity contribution in [1.29, 1.82) is 0 Å². The number of thiophene rings is 1. The number of benzene rings is 1. The van der Waals surface area contributed by atoms with E-state index >= 15 is 0 Å². The molecule has 23 heavy (non-hydrogen) atoms. The molecule has 2 heterocycles. The van der Waals surface area contributed by atoms with E-state index in [1.54, 1.807) is 6.92 Å². The van der Waals surface area contributed by atoms with E-state index in [4.69, 9.17) is 0 Å². The van der Waals surface area contributed by atoms with Gasteiger partial charge < -0.3 is 16.0 Å². The lowest BCUT2D eigenvalue weighted by Gasteiger charge is -2.27. The van der Waals surface area contributed by atoms with Gasteiger partial charge in [-0.05, 0) is 42.6 Å². The summed E-state index contributed by atoms with van der Waals surface area (Å²) in [4.78, 5) is 25.4. The number of hydrogen-bond acceptors (Lipinski definition) is 3. The second kappa shape index (κ2) is 6.55. The molecule has 0 bridgehead atoms. The molecule has 3 amide bonds. The summed E-state index contributed by atoms with van der Waals surface area (Å²) in [7, 11) is 0. The molecule has 1 aromatic heterocycles. The highest BCUT2D eigenvalue weighted by molar-refractivity contribution is 9.10. The van der Waals surface area contributed by atoms with E-state index < -0.39 is 6.04 Å². The fraction of sp³-hybridized carbons (Fsp3) is 0.125. The van der Waals surface area contributed by atoms with Crippen LogP contribution in [0.3, 0.4) is 0 Å². The van der Waals surface area contributed by atoms with Gasteiger partial charge in [0.1, 0.15) is 0 Å². The van der Waals surface area contributed by atoms with Gasteiger partial charge in [-0.1, -0.05) is 22.0 Å². The largest absolute Gasteiger partial charge is 0.326 e. The number of anilines is 1. The number of nitrogens with one attached hydrogen (secondary N) is 3. The molecule has 1 aliphatic rings. The monoisotopic (exact) mass is 391 g/mol. The predicted octanol–water partition coefficient (Wildman–Crippen LogP) is 3.78. The summed E-state index contributed by atoms with van der Waals surface area (Å²) >= 11 is 4.86. The molecule has 1 aromatic carbocycles. The van der Waals surface area contributed by atoms with Gasteiger partial charge in [-0.3, -0.25) is 4.79 Å². The normalized spacial score (nSPS) is 17.5. The van der Waals surface area contributed by atoms with Crippen molar-refractivity contribution in [3.8, 4) is 0 Å². The van der Waals surface area contributed by atoms with E-state index in [2.05, 4.69) is 31.9 Å². The van der Waals surface area contributed by atoms with Crippen molar-refractivity contribution in [3.05, 3.63) is 62.4 Å². The lowest BCUT2D eigenvalue weighted by atomic mass is 10.0. The van der Waals surface area contributed by atoms with Crippen molar-refractivity contribution >= 4 is 44.9 Å². The van der Waals surface area contributed by atoms with Gasteiger partial charge in [0.2, 0.25) is 0 Å². The zero-order valence-corrected chi connectivity index (χ0v) is 14.6. The highest BCUT2D eigenvalue weighted by Crippen LogP contribution is 2.30.